The van der Waals surface area contributed by atoms with Gasteiger partial charge in [-0.3, -0.25) is 14.8 Å². The number of carbonyl (C=O) groups excluding carboxylic acids is 1. The molecule has 2 saturated heterocycles. The average molecular weight is 380 g/mol. The number of aromatic amines is 1. The molecule has 2 aliphatic rings. The van der Waals surface area contributed by atoms with E-state index < -0.39 is 23.4 Å². The number of aromatic nitrogens is 2. The molecule has 0 saturated carbocycles. The van der Waals surface area contributed by atoms with Crippen LogP contribution in [-0.4, -0.2) is 52.3 Å². The number of rotatable bonds is 3. The molecule has 0 unspecified atom stereocenters. The Morgan fingerprint density at radius 2 is 1.85 bits per heavy atom. The highest BCUT2D eigenvalue weighted by molar-refractivity contribution is 5.98. The molecule has 1 N–H and O–H groups in total. The number of likely N-dealkylation sites (tertiary alicyclic amines) is 1. The van der Waals surface area contributed by atoms with E-state index in [9.17, 15) is 18.0 Å². The first-order chi connectivity index (χ1) is 12.9. The van der Waals surface area contributed by atoms with Crippen molar-refractivity contribution in [2.45, 2.75) is 31.1 Å². The number of hydrogen-bond acceptors (Lipinski definition) is 4. The summed E-state index contributed by atoms with van der Waals surface area (Å²) < 4.78 is 46.8. The van der Waals surface area contributed by atoms with Crippen LogP contribution in [-0.2, 0) is 16.1 Å². The first-order valence-electron chi connectivity index (χ1n) is 8.73. The number of H-pyrrole nitrogens is 1. The number of carbonyl (C=O) groups is 1. The highest BCUT2D eigenvalue weighted by Crippen LogP contribution is 2.40. The van der Waals surface area contributed by atoms with Crippen LogP contribution in [0, 0.1) is 5.82 Å². The monoisotopic (exact) mass is 380 g/mol. The van der Waals surface area contributed by atoms with Crippen LogP contribution in [0.1, 0.15) is 18.5 Å². The van der Waals surface area contributed by atoms with Crippen LogP contribution in [0.15, 0.2) is 36.5 Å². The lowest BCUT2D eigenvalue weighted by atomic mass is 9.88. The fourth-order valence-electron chi connectivity index (χ4n) is 3.69. The molecule has 2 aliphatic heterocycles. The third-order valence-electron chi connectivity index (χ3n) is 5.14. The smallest absolute Gasteiger partial charge is 0.304 e. The molecule has 2 aromatic rings. The van der Waals surface area contributed by atoms with Gasteiger partial charge in [0, 0.05) is 37.2 Å². The number of ether oxygens (including phenoxy) is 1. The summed E-state index contributed by atoms with van der Waals surface area (Å²) in [7, 11) is 0. The Hall–Kier alpha value is -2.39. The zero-order valence-electron chi connectivity index (χ0n) is 14.5. The number of alkyl halides is 2. The number of piperidine rings is 1. The number of benzene rings is 1. The maximum absolute atomic E-state index is 14.3. The molecule has 144 valence electrons. The summed E-state index contributed by atoms with van der Waals surface area (Å²) in [6.07, 6.45) is -1.51. The Labute approximate surface area is 153 Å². The van der Waals surface area contributed by atoms with E-state index in [2.05, 4.69) is 15.1 Å². The maximum atomic E-state index is 14.3. The van der Waals surface area contributed by atoms with Crippen LogP contribution < -0.4 is 4.90 Å². The minimum absolute atomic E-state index is 0.0188. The Bertz CT molecular complexity index is 803. The van der Waals surface area contributed by atoms with Crippen LogP contribution in [0.25, 0.3) is 0 Å². The van der Waals surface area contributed by atoms with Crippen LogP contribution in [0.5, 0.6) is 0 Å². The van der Waals surface area contributed by atoms with Crippen molar-refractivity contribution in [3.05, 3.63) is 48.0 Å². The van der Waals surface area contributed by atoms with Crippen molar-refractivity contribution in [1.29, 1.82) is 0 Å². The first-order valence-corrected chi connectivity index (χ1v) is 8.73. The van der Waals surface area contributed by atoms with Gasteiger partial charge < -0.3 is 9.64 Å². The van der Waals surface area contributed by atoms with Crippen molar-refractivity contribution in [1.82, 2.24) is 15.1 Å². The van der Waals surface area contributed by atoms with Crippen molar-refractivity contribution < 1.29 is 22.7 Å². The molecule has 4 rings (SSSR count). The highest BCUT2D eigenvalue weighted by Gasteiger charge is 2.57. The number of morpholine rings is 1. The second-order valence-electron chi connectivity index (χ2n) is 7.03. The number of anilines is 1. The molecule has 6 nitrogen and oxygen atoms in total. The van der Waals surface area contributed by atoms with E-state index >= 15 is 0 Å². The number of hydrogen-bond donors (Lipinski definition) is 1. The fourth-order valence-corrected chi connectivity index (χ4v) is 3.69. The van der Waals surface area contributed by atoms with Gasteiger partial charge in [-0.25, -0.2) is 4.39 Å². The van der Waals surface area contributed by atoms with Gasteiger partial charge in [-0.1, -0.05) is 0 Å². The number of nitrogens with zero attached hydrogens (tertiary/aromatic N) is 3. The highest BCUT2D eigenvalue weighted by atomic mass is 19.3. The van der Waals surface area contributed by atoms with Gasteiger partial charge in [-0.15, -0.1) is 0 Å². The average Bonchev–Trinajstić information content (AvgIpc) is 3.14. The molecule has 1 aromatic heterocycles. The SMILES string of the molecule is O=C1N(c2ccc(F)cc2)CC2(CCN(Cc3ccn[nH]3)CC2)OC1(F)F. The topological polar surface area (TPSA) is 61.5 Å². The molecule has 2 fully saturated rings. The van der Waals surface area contributed by atoms with Gasteiger partial charge in [0.2, 0.25) is 0 Å². The molecule has 1 spiro atoms. The number of halogens is 3. The first kappa shape index (κ1) is 18.0. The van der Waals surface area contributed by atoms with Crippen LogP contribution in [0.3, 0.4) is 0 Å². The molecule has 1 aromatic carbocycles. The standard InChI is InChI=1S/C18H19F3N4O2/c19-13-1-3-15(4-2-13)25-12-17(27-18(20,21)16(25)26)6-9-24(10-7-17)11-14-5-8-22-23-14/h1-5,8H,6-7,9-12H2,(H,22,23). The summed E-state index contributed by atoms with van der Waals surface area (Å²) >= 11 is 0. The van der Waals surface area contributed by atoms with Crippen molar-refractivity contribution in [2.75, 3.05) is 24.5 Å². The molecular formula is C18H19F3N4O2. The lowest BCUT2D eigenvalue weighted by Crippen LogP contribution is -2.64. The van der Waals surface area contributed by atoms with Gasteiger partial charge in [-0.05, 0) is 43.2 Å². The summed E-state index contributed by atoms with van der Waals surface area (Å²) in [4.78, 5) is 15.3. The quantitative estimate of drug-likeness (QED) is 0.889. The van der Waals surface area contributed by atoms with Crippen molar-refractivity contribution in [3.63, 3.8) is 0 Å². The summed E-state index contributed by atoms with van der Waals surface area (Å²) in [6.45, 7) is 1.78. The number of nitrogens with one attached hydrogen (secondary N) is 1. The van der Waals surface area contributed by atoms with Crippen LogP contribution >= 0.6 is 0 Å². The van der Waals surface area contributed by atoms with Crippen LogP contribution in [0.4, 0.5) is 18.9 Å². The van der Waals surface area contributed by atoms with Crippen LogP contribution in [0.2, 0.25) is 0 Å². The molecular weight excluding hydrogens is 361 g/mol. The Balaban J connectivity index is 1.51. The van der Waals surface area contributed by atoms with E-state index in [4.69, 9.17) is 4.74 Å². The summed E-state index contributed by atoms with van der Waals surface area (Å²) in [5, 5.41) is 6.78. The van der Waals surface area contributed by atoms with E-state index in [1.165, 1.54) is 12.1 Å². The molecule has 3 heterocycles. The van der Waals surface area contributed by atoms with Crippen molar-refractivity contribution >= 4 is 11.6 Å². The van der Waals surface area contributed by atoms with E-state index in [1.54, 1.807) is 6.20 Å². The van der Waals surface area contributed by atoms with Gasteiger partial charge in [0.15, 0.2) is 0 Å². The van der Waals surface area contributed by atoms with E-state index in [-0.39, 0.29) is 12.2 Å². The van der Waals surface area contributed by atoms with E-state index in [0.717, 1.165) is 22.7 Å². The Kier molecular flexibility index (Phi) is 4.43. The minimum Gasteiger partial charge on any atom is -0.304 e. The predicted octanol–water partition coefficient (Wildman–Crippen LogP) is 2.54. The molecule has 0 atom stereocenters. The van der Waals surface area contributed by atoms with Gasteiger partial charge in [0.1, 0.15) is 5.82 Å². The third-order valence-corrected chi connectivity index (χ3v) is 5.14. The Morgan fingerprint density at radius 3 is 2.48 bits per heavy atom. The third kappa shape index (κ3) is 3.57. The van der Waals surface area contributed by atoms with Crippen molar-refractivity contribution in [3.8, 4) is 0 Å². The zero-order valence-corrected chi connectivity index (χ0v) is 14.5. The number of amides is 1. The molecule has 27 heavy (non-hydrogen) atoms. The molecule has 9 heteroatoms. The second-order valence-corrected chi connectivity index (χ2v) is 7.03. The summed E-state index contributed by atoms with van der Waals surface area (Å²) in [5.41, 5.74) is 0.0589. The van der Waals surface area contributed by atoms with Gasteiger partial charge in [0.25, 0.3) is 0 Å². The van der Waals surface area contributed by atoms with E-state index in [1.807, 2.05) is 6.07 Å². The molecule has 0 aliphatic carbocycles. The molecule has 0 radical (unpaired) electrons. The Morgan fingerprint density at radius 1 is 1.15 bits per heavy atom. The maximum Gasteiger partial charge on any atom is 0.437 e. The lowest BCUT2D eigenvalue weighted by molar-refractivity contribution is -0.293. The van der Waals surface area contributed by atoms with E-state index in [0.29, 0.717) is 32.5 Å². The second kappa shape index (κ2) is 6.65. The normalized spacial score (nSPS) is 22.3. The largest absolute Gasteiger partial charge is 0.437 e. The van der Waals surface area contributed by atoms with Gasteiger partial charge >= 0.3 is 12.0 Å². The summed E-state index contributed by atoms with van der Waals surface area (Å²) in [6, 6.07) is 6.82. The molecule has 1 amide bonds. The van der Waals surface area contributed by atoms with Crippen molar-refractivity contribution in [2.24, 2.45) is 0 Å². The lowest BCUT2D eigenvalue weighted by Gasteiger charge is -2.48. The van der Waals surface area contributed by atoms with Gasteiger partial charge in [0.05, 0.1) is 12.1 Å². The van der Waals surface area contributed by atoms with Gasteiger partial charge in [-0.2, -0.15) is 13.9 Å². The predicted molar refractivity (Wildman–Crippen MR) is 90.6 cm³/mol. The fraction of sp³-hybridized carbons (Fsp3) is 0.444. The zero-order chi connectivity index (χ0) is 19.1. The summed E-state index contributed by atoms with van der Waals surface area (Å²) in [5.74, 6) is -1.91. The molecule has 0 bridgehead atoms. The minimum atomic E-state index is -3.90.